The summed E-state index contributed by atoms with van der Waals surface area (Å²) in [6, 6.07) is 7.87. The third-order valence-corrected chi connectivity index (χ3v) is 2.30. The van der Waals surface area contributed by atoms with Crippen LogP contribution in [0.15, 0.2) is 35.0 Å². The molecule has 60 valence electrons. The highest BCUT2D eigenvalue weighted by Crippen LogP contribution is 2.26. The highest BCUT2D eigenvalue weighted by molar-refractivity contribution is 9.10. The number of halogens is 1. The van der Waals surface area contributed by atoms with Crippen LogP contribution in [0.3, 0.4) is 0 Å². The molecule has 0 aliphatic carbocycles. The molecule has 0 saturated heterocycles. The molecule has 1 aromatic rings. The molecule has 0 unspecified atom stereocenters. The second-order valence-electron chi connectivity index (χ2n) is 2.39. The van der Waals surface area contributed by atoms with E-state index in [1.807, 2.05) is 24.3 Å². The Morgan fingerprint density at radius 1 is 1.25 bits per heavy atom. The Labute approximate surface area is 79.6 Å². The largest absolute Gasteiger partial charge is 0.576 e. The van der Waals surface area contributed by atoms with Gasteiger partial charge in [0, 0.05) is 10.0 Å². The molecular formula is C8H6BBrO2. The van der Waals surface area contributed by atoms with Crippen molar-refractivity contribution in [2.45, 2.75) is 0 Å². The van der Waals surface area contributed by atoms with Crippen LogP contribution in [0.5, 0.6) is 0 Å². The Morgan fingerprint density at radius 3 is 2.75 bits per heavy atom. The third-order valence-electron chi connectivity index (χ3n) is 1.61. The molecule has 2 nitrogen and oxygen atoms in total. The van der Waals surface area contributed by atoms with Crippen molar-refractivity contribution in [3.05, 3.63) is 40.6 Å². The molecule has 0 amide bonds. The molecule has 12 heavy (non-hydrogen) atoms. The van der Waals surface area contributed by atoms with E-state index in [-0.39, 0.29) is 0 Å². The van der Waals surface area contributed by atoms with E-state index in [9.17, 15) is 0 Å². The predicted octanol–water partition coefficient (Wildman–Crippen LogP) is 2.06. The quantitative estimate of drug-likeness (QED) is 0.681. The van der Waals surface area contributed by atoms with Gasteiger partial charge in [-0.05, 0) is 6.07 Å². The lowest BCUT2D eigenvalue weighted by Crippen LogP contribution is -1.90. The average Bonchev–Trinajstić information content (AvgIpc) is 2.57. The highest BCUT2D eigenvalue weighted by Gasteiger charge is 2.12. The molecule has 1 aliphatic rings. The summed E-state index contributed by atoms with van der Waals surface area (Å²) in [5, 5.41) is 0. The summed E-state index contributed by atoms with van der Waals surface area (Å²) in [4.78, 5) is 0. The van der Waals surface area contributed by atoms with Gasteiger partial charge in [0.15, 0.2) is 0 Å². The number of hydrogen-bond donors (Lipinski definition) is 0. The maximum absolute atomic E-state index is 5.23. The van der Waals surface area contributed by atoms with Gasteiger partial charge in [0.05, 0.1) is 0 Å². The summed E-state index contributed by atoms with van der Waals surface area (Å²) in [6.45, 7) is 0. The first-order chi connectivity index (χ1) is 5.88. The van der Waals surface area contributed by atoms with Crippen molar-refractivity contribution in [3.8, 4) is 0 Å². The third kappa shape index (κ3) is 1.34. The molecule has 4 heteroatoms. The van der Waals surface area contributed by atoms with Crippen LogP contribution in [-0.4, -0.2) is 7.69 Å². The van der Waals surface area contributed by atoms with Crippen molar-refractivity contribution >= 4 is 29.4 Å². The lowest BCUT2D eigenvalue weighted by atomic mass is 10.2. The van der Waals surface area contributed by atoms with Crippen molar-refractivity contribution in [2.75, 3.05) is 0 Å². The monoisotopic (exact) mass is 224 g/mol. The first-order valence-corrected chi connectivity index (χ1v) is 4.37. The molecule has 0 atom stereocenters. The number of rotatable bonds is 1. The van der Waals surface area contributed by atoms with E-state index in [4.69, 9.17) is 9.31 Å². The minimum atomic E-state index is 0.316. The van der Waals surface area contributed by atoms with Crippen LogP contribution in [0.2, 0.25) is 0 Å². The molecule has 0 saturated carbocycles. The van der Waals surface area contributed by atoms with Gasteiger partial charge in [-0.25, -0.2) is 0 Å². The van der Waals surface area contributed by atoms with E-state index in [0.717, 1.165) is 15.8 Å². The van der Waals surface area contributed by atoms with Gasteiger partial charge < -0.3 is 9.31 Å². The Kier molecular flexibility index (Phi) is 2.08. The van der Waals surface area contributed by atoms with Gasteiger partial charge in [-0.1, -0.05) is 34.1 Å². The summed E-state index contributed by atoms with van der Waals surface area (Å²) >= 11 is 3.43. The molecule has 0 aromatic heterocycles. The molecule has 1 heterocycles. The second kappa shape index (κ2) is 3.23. The van der Waals surface area contributed by atoms with Gasteiger partial charge in [0.1, 0.15) is 12.0 Å². The van der Waals surface area contributed by atoms with Crippen molar-refractivity contribution in [1.29, 1.82) is 0 Å². The number of benzene rings is 1. The van der Waals surface area contributed by atoms with E-state index in [0.29, 0.717) is 7.69 Å². The van der Waals surface area contributed by atoms with Crippen LogP contribution < -0.4 is 0 Å². The molecule has 0 fully saturated rings. The fourth-order valence-electron chi connectivity index (χ4n) is 1.04. The van der Waals surface area contributed by atoms with E-state index in [1.54, 1.807) is 6.26 Å². The van der Waals surface area contributed by atoms with E-state index in [1.165, 1.54) is 0 Å². The average molecular weight is 225 g/mol. The number of hydrogen-bond acceptors (Lipinski definition) is 2. The van der Waals surface area contributed by atoms with Gasteiger partial charge in [-0.3, -0.25) is 0 Å². The molecule has 0 N–H and O–H groups in total. The Morgan fingerprint density at radius 2 is 2.08 bits per heavy atom. The summed E-state index contributed by atoms with van der Waals surface area (Å²) in [5.41, 5.74) is 1.02. The van der Waals surface area contributed by atoms with Crippen LogP contribution in [0.1, 0.15) is 5.56 Å². The topological polar surface area (TPSA) is 18.5 Å². The van der Waals surface area contributed by atoms with Crippen LogP contribution in [0.4, 0.5) is 0 Å². The first-order valence-electron chi connectivity index (χ1n) is 3.57. The molecular weight excluding hydrogens is 219 g/mol. The minimum absolute atomic E-state index is 0.316. The maximum atomic E-state index is 5.23. The van der Waals surface area contributed by atoms with Gasteiger partial charge in [-0.15, -0.1) is 0 Å². The molecule has 0 radical (unpaired) electrons. The zero-order chi connectivity index (χ0) is 8.39. The fourth-order valence-corrected chi connectivity index (χ4v) is 1.52. The molecule has 1 aliphatic heterocycles. The van der Waals surface area contributed by atoms with Crippen molar-refractivity contribution in [2.24, 2.45) is 0 Å². The highest BCUT2D eigenvalue weighted by atomic mass is 79.9. The first kappa shape index (κ1) is 7.74. The minimum Gasteiger partial charge on any atom is -0.531 e. The van der Waals surface area contributed by atoms with Crippen LogP contribution in [0, 0.1) is 0 Å². The van der Waals surface area contributed by atoms with E-state index in [2.05, 4.69) is 15.9 Å². The standard InChI is InChI=1S/C8H6BBrO2/c10-7-4-2-1-3-6(7)8-5-11-9-12-8/h1-5,9H. The summed E-state index contributed by atoms with van der Waals surface area (Å²) in [7, 11) is 0.316. The Bertz CT molecular complexity index is 325. The Balaban J connectivity index is 2.39. The van der Waals surface area contributed by atoms with Crippen LogP contribution in [-0.2, 0) is 9.31 Å². The molecule has 0 bridgehead atoms. The lowest BCUT2D eigenvalue weighted by Gasteiger charge is -2.03. The maximum Gasteiger partial charge on any atom is 0.576 e. The zero-order valence-electron chi connectivity index (χ0n) is 6.29. The van der Waals surface area contributed by atoms with Crippen molar-refractivity contribution < 1.29 is 9.31 Å². The SMILES string of the molecule is Brc1ccccc1C1=COBO1. The van der Waals surface area contributed by atoms with E-state index >= 15 is 0 Å². The summed E-state index contributed by atoms with van der Waals surface area (Å²) in [5.74, 6) is 0.780. The van der Waals surface area contributed by atoms with Gasteiger partial charge in [0.25, 0.3) is 0 Å². The molecule has 0 spiro atoms. The van der Waals surface area contributed by atoms with Gasteiger partial charge >= 0.3 is 7.69 Å². The predicted molar refractivity (Wildman–Crippen MR) is 51.4 cm³/mol. The fraction of sp³-hybridized carbons (Fsp3) is 0. The second-order valence-corrected chi connectivity index (χ2v) is 3.25. The Hall–Kier alpha value is -0.895. The van der Waals surface area contributed by atoms with Crippen molar-refractivity contribution in [3.63, 3.8) is 0 Å². The summed E-state index contributed by atoms with van der Waals surface area (Å²) < 4.78 is 11.2. The normalized spacial score (nSPS) is 14.2. The smallest absolute Gasteiger partial charge is 0.531 e. The van der Waals surface area contributed by atoms with Crippen molar-refractivity contribution in [1.82, 2.24) is 0 Å². The lowest BCUT2D eigenvalue weighted by molar-refractivity contribution is 0.454. The zero-order valence-corrected chi connectivity index (χ0v) is 7.87. The van der Waals surface area contributed by atoms with Crippen LogP contribution >= 0.6 is 15.9 Å². The van der Waals surface area contributed by atoms with Gasteiger partial charge in [-0.2, -0.15) is 0 Å². The molecule has 1 aromatic carbocycles. The molecule has 2 rings (SSSR count). The van der Waals surface area contributed by atoms with Crippen LogP contribution in [0.25, 0.3) is 5.76 Å². The summed E-state index contributed by atoms with van der Waals surface area (Å²) in [6.07, 6.45) is 1.63. The van der Waals surface area contributed by atoms with Gasteiger partial charge in [0.2, 0.25) is 0 Å². The van der Waals surface area contributed by atoms with E-state index < -0.39 is 0 Å².